The summed E-state index contributed by atoms with van der Waals surface area (Å²) in [5.41, 5.74) is 4.12. The van der Waals surface area contributed by atoms with Crippen LogP contribution in [0, 0.1) is 13.8 Å². The first-order chi connectivity index (χ1) is 14.0. The van der Waals surface area contributed by atoms with Crippen molar-refractivity contribution in [1.29, 1.82) is 0 Å². The quantitative estimate of drug-likeness (QED) is 0.355. The van der Waals surface area contributed by atoms with Crippen LogP contribution in [0.3, 0.4) is 0 Å². The average Bonchev–Trinajstić information content (AvgIpc) is 3.08. The van der Waals surface area contributed by atoms with Crippen molar-refractivity contribution in [2.24, 2.45) is 0 Å². The highest BCUT2D eigenvalue weighted by Crippen LogP contribution is 2.30. The number of thiazole rings is 1. The summed E-state index contributed by atoms with van der Waals surface area (Å²) < 4.78 is 5.65. The van der Waals surface area contributed by atoms with Crippen molar-refractivity contribution in [3.05, 3.63) is 70.6 Å². The van der Waals surface area contributed by atoms with Crippen molar-refractivity contribution in [3.63, 3.8) is 0 Å². The van der Waals surface area contributed by atoms with Gasteiger partial charge in [0.2, 0.25) is 5.91 Å². The fourth-order valence-corrected chi connectivity index (χ4v) is 3.60. The van der Waals surface area contributed by atoms with Gasteiger partial charge in [0.15, 0.2) is 5.13 Å². The summed E-state index contributed by atoms with van der Waals surface area (Å²) in [7, 11) is 0. The van der Waals surface area contributed by atoms with Gasteiger partial charge in [0, 0.05) is 16.5 Å². The Balaban J connectivity index is 1.59. The lowest BCUT2D eigenvalue weighted by molar-refractivity contribution is -0.111. The van der Waals surface area contributed by atoms with Crippen molar-refractivity contribution in [2.45, 2.75) is 33.6 Å². The highest BCUT2D eigenvalue weighted by Gasteiger charge is 2.11. The largest absolute Gasteiger partial charge is 0.494 e. The molecule has 0 radical (unpaired) electrons. The van der Waals surface area contributed by atoms with E-state index in [1.54, 1.807) is 6.08 Å². The van der Waals surface area contributed by atoms with Crippen molar-refractivity contribution in [1.82, 2.24) is 4.98 Å². The third-order valence-electron chi connectivity index (χ3n) is 4.43. The van der Waals surface area contributed by atoms with Gasteiger partial charge in [-0.3, -0.25) is 10.1 Å². The molecule has 1 aromatic heterocycles. The molecule has 1 amide bonds. The van der Waals surface area contributed by atoms with Gasteiger partial charge in [0.05, 0.1) is 12.3 Å². The summed E-state index contributed by atoms with van der Waals surface area (Å²) in [6, 6.07) is 16.0. The summed E-state index contributed by atoms with van der Waals surface area (Å²) in [4.78, 5) is 17.9. The number of nitrogens with one attached hydrogen (secondary N) is 1. The van der Waals surface area contributed by atoms with Gasteiger partial charge in [0.25, 0.3) is 0 Å². The molecule has 0 unspecified atom stereocenters. The van der Waals surface area contributed by atoms with Gasteiger partial charge in [-0.25, -0.2) is 4.98 Å². The van der Waals surface area contributed by atoms with E-state index in [-0.39, 0.29) is 5.91 Å². The van der Waals surface area contributed by atoms with E-state index in [1.807, 2.05) is 31.2 Å². The maximum atomic E-state index is 12.3. The first-order valence-corrected chi connectivity index (χ1v) is 10.6. The second-order valence-electron chi connectivity index (χ2n) is 6.88. The molecule has 0 saturated carbocycles. The highest BCUT2D eigenvalue weighted by molar-refractivity contribution is 7.16. The Labute approximate surface area is 176 Å². The molecule has 1 N–H and O–H groups in total. The molecular weight excluding hydrogens is 380 g/mol. The molecule has 0 spiro atoms. The predicted molar refractivity (Wildman–Crippen MR) is 122 cm³/mol. The zero-order chi connectivity index (χ0) is 20.6. The number of ether oxygens (including phenoxy) is 1. The maximum absolute atomic E-state index is 12.3. The molecule has 29 heavy (non-hydrogen) atoms. The Morgan fingerprint density at radius 1 is 1.10 bits per heavy atom. The molecule has 2 aromatic carbocycles. The lowest BCUT2D eigenvalue weighted by Crippen LogP contribution is -2.07. The van der Waals surface area contributed by atoms with Gasteiger partial charge >= 0.3 is 0 Å². The van der Waals surface area contributed by atoms with Crippen LogP contribution in [0.2, 0.25) is 0 Å². The van der Waals surface area contributed by atoms with E-state index >= 15 is 0 Å². The number of unbranched alkanes of at least 4 members (excludes halogenated alkanes) is 1. The van der Waals surface area contributed by atoms with Crippen LogP contribution in [0.4, 0.5) is 5.13 Å². The van der Waals surface area contributed by atoms with Crippen molar-refractivity contribution in [2.75, 3.05) is 11.9 Å². The van der Waals surface area contributed by atoms with Crippen LogP contribution in [-0.4, -0.2) is 17.5 Å². The molecular formula is C24H26N2O2S. The topological polar surface area (TPSA) is 51.2 Å². The number of amides is 1. The first-order valence-electron chi connectivity index (χ1n) is 9.81. The molecule has 0 aliphatic heterocycles. The van der Waals surface area contributed by atoms with E-state index in [2.05, 4.69) is 48.4 Å². The van der Waals surface area contributed by atoms with Gasteiger partial charge in [-0.1, -0.05) is 55.3 Å². The molecule has 0 bridgehead atoms. The highest BCUT2D eigenvalue weighted by atomic mass is 32.1. The first kappa shape index (κ1) is 20.8. The number of nitrogens with zero attached hydrogens (tertiary/aromatic N) is 1. The van der Waals surface area contributed by atoms with Crippen LogP contribution in [-0.2, 0) is 4.79 Å². The van der Waals surface area contributed by atoms with Crippen LogP contribution >= 0.6 is 11.3 Å². The van der Waals surface area contributed by atoms with Gasteiger partial charge < -0.3 is 4.74 Å². The zero-order valence-electron chi connectivity index (χ0n) is 17.1. The van der Waals surface area contributed by atoms with E-state index in [9.17, 15) is 4.79 Å². The predicted octanol–water partition coefficient (Wildman–Crippen LogP) is 6.26. The number of carbonyl (C=O) groups excluding carboxylic acids is 1. The molecule has 0 fully saturated rings. The number of benzene rings is 2. The van der Waals surface area contributed by atoms with Crippen LogP contribution in [0.5, 0.6) is 5.75 Å². The monoisotopic (exact) mass is 406 g/mol. The average molecular weight is 407 g/mol. The number of carbonyl (C=O) groups is 1. The molecule has 0 saturated heterocycles. The van der Waals surface area contributed by atoms with Crippen LogP contribution in [0.25, 0.3) is 17.3 Å². The molecule has 3 rings (SSSR count). The second-order valence-corrected chi connectivity index (χ2v) is 8.09. The van der Waals surface area contributed by atoms with Gasteiger partial charge in [0.1, 0.15) is 5.75 Å². The van der Waals surface area contributed by atoms with E-state index in [1.165, 1.54) is 23.0 Å². The van der Waals surface area contributed by atoms with Gasteiger partial charge in [-0.2, -0.15) is 0 Å². The third kappa shape index (κ3) is 6.03. The van der Waals surface area contributed by atoms with Crippen molar-refractivity contribution >= 4 is 28.5 Å². The lowest BCUT2D eigenvalue weighted by atomic mass is 10.1. The Bertz CT molecular complexity index is 973. The van der Waals surface area contributed by atoms with Gasteiger partial charge in [-0.05, 0) is 44.0 Å². The fraction of sp³-hybridized carbons (Fsp3) is 0.250. The Kier molecular flexibility index (Phi) is 7.19. The van der Waals surface area contributed by atoms with Crippen LogP contribution in [0.15, 0.2) is 54.6 Å². The van der Waals surface area contributed by atoms with Crippen molar-refractivity contribution < 1.29 is 9.53 Å². The fourth-order valence-electron chi connectivity index (χ4n) is 2.76. The second kappa shape index (κ2) is 10.0. The van der Waals surface area contributed by atoms with Gasteiger partial charge in [-0.15, -0.1) is 11.3 Å². The Morgan fingerprint density at radius 3 is 2.52 bits per heavy atom. The number of hydrogen-bond donors (Lipinski definition) is 1. The zero-order valence-corrected chi connectivity index (χ0v) is 17.9. The number of aryl methyl sites for hydroxylation is 2. The molecule has 0 aliphatic carbocycles. The number of aromatic nitrogens is 1. The number of anilines is 1. The Hall–Kier alpha value is -2.92. The molecule has 4 nitrogen and oxygen atoms in total. The van der Waals surface area contributed by atoms with Crippen LogP contribution < -0.4 is 10.1 Å². The molecule has 0 atom stereocenters. The summed E-state index contributed by atoms with van der Waals surface area (Å²) in [6.45, 7) is 6.94. The minimum absolute atomic E-state index is 0.197. The molecule has 5 heteroatoms. The Morgan fingerprint density at radius 2 is 1.83 bits per heavy atom. The molecule has 0 aliphatic rings. The number of rotatable bonds is 8. The third-order valence-corrected chi connectivity index (χ3v) is 5.31. The van der Waals surface area contributed by atoms with E-state index in [4.69, 9.17) is 4.74 Å². The minimum Gasteiger partial charge on any atom is -0.494 e. The van der Waals surface area contributed by atoms with Crippen molar-refractivity contribution in [3.8, 4) is 17.0 Å². The smallest absolute Gasteiger partial charge is 0.250 e. The lowest BCUT2D eigenvalue weighted by Gasteiger charge is -2.05. The van der Waals surface area contributed by atoms with Crippen LogP contribution in [0.1, 0.15) is 35.8 Å². The summed E-state index contributed by atoms with van der Waals surface area (Å²) >= 11 is 1.48. The van der Waals surface area contributed by atoms with E-state index < -0.39 is 0 Å². The minimum atomic E-state index is -0.197. The summed E-state index contributed by atoms with van der Waals surface area (Å²) in [5, 5.41) is 3.46. The molecule has 150 valence electrons. The molecule has 1 heterocycles. The summed E-state index contributed by atoms with van der Waals surface area (Å²) in [5.74, 6) is 0.652. The normalized spacial score (nSPS) is 11.0. The van der Waals surface area contributed by atoms with E-state index in [0.29, 0.717) is 5.13 Å². The maximum Gasteiger partial charge on any atom is 0.250 e. The SMILES string of the molecule is CCCCOc1ccc(/C=C/C(=O)Nc2nc(-c3ccc(C)cc3)c(C)s2)cc1. The summed E-state index contributed by atoms with van der Waals surface area (Å²) in [6.07, 6.45) is 5.46. The standard InChI is InChI=1S/C24H26N2O2S/c1-4-5-16-28-21-13-8-19(9-14-21)10-15-22(27)25-24-26-23(18(3)29-24)20-11-6-17(2)7-12-20/h6-15H,4-5,16H2,1-3H3,(H,25,26,27)/b15-10+. The van der Waals surface area contributed by atoms with E-state index in [0.717, 1.165) is 46.9 Å². The number of hydrogen-bond acceptors (Lipinski definition) is 4. The molecule has 3 aromatic rings.